The zero-order valence-electron chi connectivity index (χ0n) is 10.1. The molecule has 0 bridgehead atoms. The second kappa shape index (κ2) is 6.59. The SMILES string of the molecule is CC#CCC(C(=O)OCC)c1ccc(O)cc1. The number of phenols is 1. The Labute approximate surface area is 101 Å². The lowest BCUT2D eigenvalue weighted by Gasteiger charge is -2.13. The number of aromatic hydroxyl groups is 1. The molecule has 0 aliphatic heterocycles. The number of benzene rings is 1. The molecule has 90 valence electrons. The Bertz CT molecular complexity index is 423. The van der Waals surface area contributed by atoms with Gasteiger partial charge in [-0.25, -0.2) is 0 Å². The number of phenolic OH excluding ortho intramolecular Hbond substituents is 1. The van der Waals surface area contributed by atoms with Crippen molar-refractivity contribution in [1.82, 2.24) is 0 Å². The van der Waals surface area contributed by atoms with Gasteiger partial charge < -0.3 is 9.84 Å². The summed E-state index contributed by atoms with van der Waals surface area (Å²) < 4.78 is 5.02. The molecule has 0 amide bonds. The number of rotatable bonds is 4. The Morgan fingerprint density at radius 1 is 1.41 bits per heavy atom. The molecule has 1 unspecified atom stereocenters. The Morgan fingerprint density at radius 3 is 2.59 bits per heavy atom. The van der Waals surface area contributed by atoms with Crippen molar-refractivity contribution < 1.29 is 14.6 Å². The van der Waals surface area contributed by atoms with Crippen molar-refractivity contribution in [1.29, 1.82) is 0 Å². The first-order valence-electron chi connectivity index (χ1n) is 5.54. The molecule has 0 fully saturated rings. The molecule has 0 saturated heterocycles. The van der Waals surface area contributed by atoms with E-state index in [1.807, 2.05) is 0 Å². The summed E-state index contributed by atoms with van der Waals surface area (Å²) in [7, 11) is 0. The molecule has 0 radical (unpaired) electrons. The first kappa shape index (κ1) is 13.1. The average Bonchev–Trinajstić information content (AvgIpc) is 2.32. The zero-order chi connectivity index (χ0) is 12.7. The highest BCUT2D eigenvalue weighted by Gasteiger charge is 2.20. The van der Waals surface area contributed by atoms with Crippen molar-refractivity contribution in [2.24, 2.45) is 0 Å². The molecule has 1 aromatic rings. The van der Waals surface area contributed by atoms with Crippen molar-refractivity contribution in [3.8, 4) is 17.6 Å². The van der Waals surface area contributed by atoms with Gasteiger partial charge in [0.2, 0.25) is 0 Å². The largest absolute Gasteiger partial charge is 0.508 e. The minimum absolute atomic E-state index is 0.179. The molecule has 0 heterocycles. The lowest BCUT2D eigenvalue weighted by Crippen LogP contribution is -2.15. The molecule has 1 rings (SSSR count). The van der Waals surface area contributed by atoms with E-state index in [-0.39, 0.29) is 17.6 Å². The standard InChI is InChI=1S/C14H16O3/c1-3-5-6-13(14(16)17-4-2)11-7-9-12(15)10-8-11/h7-10,13,15H,4,6H2,1-2H3. The molecule has 0 aromatic heterocycles. The van der Waals surface area contributed by atoms with Gasteiger partial charge in [0.1, 0.15) is 5.75 Å². The predicted molar refractivity (Wildman–Crippen MR) is 65.5 cm³/mol. The van der Waals surface area contributed by atoms with E-state index in [9.17, 15) is 9.90 Å². The fourth-order valence-electron chi connectivity index (χ4n) is 1.49. The summed E-state index contributed by atoms with van der Waals surface area (Å²) in [5.41, 5.74) is 0.809. The van der Waals surface area contributed by atoms with Crippen LogP contribution in [-0.4, -0.2) is 17.7 Å². The van der Waals surface area contributed by atoms with Crippen LogP contribution in [-0.2, 0) is 9.53 Å². The topological polar surface area (TPSA) is 46.5 Å². The predicted octanol–water partition coefficient (Wildman–Crippen LogP) is 2.45. The molecule has 1 atom stereocenters. The molecule has 3 nitrogen and oxygen atoms in total. The summed E-state index contributed by atoms with van der Waals surface area (Å²) in [6, 6.07) is 6.55. The van der Waals surface area contributed by atoms with Gasteiger partial charge in [-0.1, -0.05) is 12.1 Å². The third-order valence-corrected chi connectivity index (χ3v) is 2.35. The molecule has 0 saturated carbocycles. The number of esters is 1. The Hall–Kier alpha value is -1.95. The van der Waals surface area contributed by atoms with Crippen LogP contribution in [0.1, 0.15) is 31.7 Å². The van der Waals surface area contributed by atoms with Crippen LogP contribution < -0.4 is 0 Å². The quantitative estimate of drug-likeness (QED) is 0.640. The Kier molecular flexibility index (Phi) is 5.09. The number of carbonyl (C=O) groups excluding carboxylic acids is 1. The molecular weight excluding hydrogens is 216 g/mol. The molecule has 1 aromatic carbocycles. The summed E-state index contributed by atoms with van der Waals surface area (Å²) in [6.07, 6.45) is 0.431. The first-order valence-corrected chi connectivity index (χ1v) is 5.54. The van der Waals surface area contributed by atoms with Crippen molar-refractivity contribution in [3.05, 3.63) is 29.8 Å². The van der Waals surface area contributed by atoms with Crippen LogP contribution in [0.2, 0.25) is 0 Å². The molecule has 0 aliphatic carbocycles. The second-order valence-corrected chi connectivity index (χ2v) is 3.53. The van der Waals surface area contributed by atoms with Crippen molar-refractivity contribution in [2.75, 3.05) is 6.61 Å². The molecular formula is C14H16O3. The Morgan fingerprint density at radius 2 is 2.06 bits per heavy atom. The third-order valence-electron chi connectivity index (χ3n) is 2.35. The van der Waals surface area contributed by atoms with Gasteiger partial charge in [-0.3, -0.25) is 4.79 Å². The third kappa shape index (κ3) is 3.84. The van der Waals surface area contributed by atoms with E-state index in [2.05, 4.69) is 11.8 Å². The fourth-order valence-corrected chi connectivity index (χ4v) is 1.49. The van der Waals surface area contributed by atoms with E-state index in [4.69, 9.17) is 4.74 Å². The number of carbonyl (C=O) groups is 1. The van der Waals surface area contributed by atoms with Crippen LogP contribution in [0.15, 0.2) is 24.3 Å². The van der Waals surface area contributed by atoms with Crippen LogP contribution in [0.25, 0.3) is 0 Å². The van der Waals surface area contributed by atoms with Gasteiger partial charge in [0, 0.05) is 6.42 Å². The van der Waals surface area contributed by atoms with E-state index in [1.54, 1.807) is 38.1 Å². The molecule has 0 aliphatic rings. The van der Waals surface area contributed by atoms with Gasteiger partial charge in [0.05, 0.1) is 12.5 Å². The van der Waals surface area contributed by atoms with Crippen LogP contribution in [0.5, 0.6) is 5.75 Å². The van der Waals surface area contributed by atoms with Gasteiger partial charge in [-0.05, 0) is 31.5 Å². The summed E-state index contributed by atoms with van der Waals surface area (Å²) in [6.45, 7) is 3.86. The maximum Gasteiger partial charge on any atom is 0.314 e. The molecule has 17 heavy (non-hydrogen) atoms. The summed E-state index contributed by atoms with van der Waals surface area (Å²) in [4.78, 5) is 11.8. The maximum atomic E-state index is 11.8. The van der Waals surface area contributed by atoms with E-state index >= 15 is 0 Å². The number of ether oxygens (including phenoxy) is 1. The van der Waals surface area contributed by atoms with Gasteiger partial charge >= 0.3 is 5.97 Å². The van der Waals surface area contributed by atoms with Gasteiger partial charge in [-0.2, -0.15) is 0 Å². The molecule has 1 N–H and O–H groups in total. The lowest BCUT2D eigenvalue weighted by atomic mass is 9.96. The molecule has 0 spiro atoms. The summed E-state index contributed by atoms with van der Waals surface area (Å²) in [5.74, 6) is 5.17. The normalized spacial score (nSPS) is 11.2. The number of hydrogen-bond acceptors (Lipinski definition) is 3. The van der Waals surface area contributed by atoms with Crippen molar-refractivity contribution in [2.45, 2.75) is 26.2 Å². The van der Waals surface area contributed by atoms with Gasteiger partial charge in [0.25, 0.3) is 0 Å². The average molecular weight is 232 g/mol. The fraction of sp³-hybridized carbons (Fsp3) is 0.357. The highest BCUT2D eigenvalue weighted by molar-refractivity contribution is 5.78. The molecule has 3 heteroatoms. The van der Waals surface area contributed by atoms with E-state index in [1.165, 1.54) is 0 Å². The maximum absolute atomic E-state index is 11.8. The summed E-state index contributed by atoms with van der Waals surface area (Å²) in [5, 5.41) is 9.21. The van der Waals surface area contributed by atoms with E-state index < -0.39 is 0 Å². The van der Waals surface area contributed by atoms with Gasteiger partial charge in [0.15, 0.2) is 0 Å². The minimum Gasteiger partial charge on any atom is -0.508 e. The monoisotopic (exact) mass is 232 g/mol. The summed E-state index contributed by atoms with van der Waals surface area (Å²) >= 11 is 0. The highest BCUT2D eigenvalue weighted by Crippen LogP contribution is 2.23. The highest BCUT2D eigenvalue weighted by atomic mass is 16.5. The van der Waals surface area contributed by atoms with Crippen LogP contribution >= 0.6 is 0 Å². The van der Waals surface area contributed by atoms with Crippen LogP contribution in [0.3, 0.4) is 0 Å². The Balaban J connectivity index is 2.91. The second-order valence-electron chi connectivity index (χ2n) is 3.53. The smallest absolute Gasteiger partial charge is 0.314 e. The lowest BCUT2D eigenvalue weighted by molar-refractivity contribution is -0.144. The van der Waals surface area contributed by atoms with Crippen molar-refractivity contribution >= 4 is 5.97 Å². The zero-order valence-corrected chi connectivity index (χ0v) is 10.1. The minimum atomic E-state index is -0.386. The first-order chi connectivity index (χ1) is 8.19. The van der Waals surface area contributed by atoms with Crippen LogP contribution in [0, 0.1) is 11.8 Å². The van der Waals surface area contributed by atoms with E-state index in [0.717, 1.165) is 5.56 Å². The van der Waals surface area contributed by atoms with Crippen LogP contribution in [0.4, 0.5) is 0 Å². The number of hydrogen-bond donors (Lipinski definition) is 1. The van der Waals surface area contributed by atoms with E-state index in [0.29, 0.717) is 13.0 Å². The van der Waals surface area contributed by atoms with Crippen molar-refractivity contribution in [3.63, 3.8) is 0 Å². The van der Waals surface area contributed by atoms with Gasteiger partial charge in [-0.15, -0.1) is 11.8 Å².